The Morgan fingerprint density at radius 1 is 1.19 bits per heavy atom. The number of carbonyl (C=O) groups excluding carboxylic acids is 2. The molecular formula is C21H18N4O5S. The molecule has 9 nitrogen and oxygen atoms in total. The van der Waals surface area contributed by atoms with Crippen LogP contribution in [0, 0.1) is 11.3 Å². The zero-order valence-corrected chi connectivity index (χ0v) is 17.2. The maximum atomic E-state index is 12.4. The number of nitrogens with one attached hydrogen (secondary N) is 2. The van der Waals surface area contributed by atoms with Crippen molar-refractivity contribution in [3.63, 3.8) is 0 Å². The van der Waals surface area contributed by atoms with Crippen molar-refractivity contribution < 1.29 is 14.3 Å². The van der Waals surface area contributed by atoms with Gasteiger partial charge in [0.2, 0.25) is 0 Å². The maximum Gasteiger partial charge on any atom is 0.328 e. The summed E-state index contributed by atoms with van der Waals surface area (Å²) in [5.41, 5.74) is 0.413. The summed E-state index contributed by atoms with van der Waals surface area (Å²) in [5.74, 6) is -1.43. The van der Waals surface area contributed by atoms with Crippen molar-refractivity contribution in [3.05, 3.63) is 61.0 Å². The number of aromatic amines is 1. The van der Waals surface area contributed by atoms with Gasteiger partial charge in [-0.15, -0.1) is 11.3 Å². The number of hydrogen-bond acceptors (Lipinski definition) is 7. The lowest BCUT2D eigenvalue weighted by molar-refractivity contribution is -0.148. The summed E-state index contributed by atoms with van der Waals surface area (Å²) >= 11 is 1.38. The summed E-state index contributed by atoms with van der Waals surface area (Å²) in [6.07, 6.45) is 3.77. The van der Waals surface area contributed by atoms with Gasteiger partial charge in [0, 0.05) is 4.88 Å². The first-order chi connectivity index (χ1) is 15.0. The summed E-state index contributed by atoms with van der Waals surface area (Å²) in [6, 6.07) is 8.41. The minimum absolute atomic E-state index is 0.183. The summed E-state index contributed by atoms with van der Waals surface area (Å²) in [6.45, 7) is -1.11. The van der Waals surface area contributed by atoms with Crippen LogP contribution in [0.25, 0.3) is 10.8 Å². The molecule has 0 saturated heterocycles. The Kier molecular flexibility index (Phi) is 5.68. The highest BCUT2D eigenvalue weighted by Crippen LogP contribution is 2.37. The zero-order chi connectivity index (χ0) is 22.0. The second-order valence-electron chi connectivity index (χ2n) is 7.11. The fraction of sp³-hybridized carbons (Fsp3) is 0.286. The number of ether oxygens (including phenoxy) is 1. The number of fused-ring (bicyclic) bond motifs is 2. The third-order valence-corrected chi connectivity index (χ3v) is 6.28. The van der Waals surface area contributed by atoms with E-state index in [0.29, 0.717) is 10.6 Å². The van der Waals surface area contributed by atoms with Crippen molar-refractivity contribution in [2.45, 2.75) is 32.2 Å². The fourth-order valence-electron chi connectivity index (χ4n) is 3.61. The van der Waals surface area contributed by atoms with Crippen LogP contribution in [0.5, 0.6) is 0 Å². The third kappa shape index (κ3) is 4.13. The van der Waals surface area contributed by atoms with Gasteiger partial charge in [-0.05, 0) is 43.4 Å². The molecule has 1 aliphatic carbocycles. The molecular weight excluding hydrogens is 420 g/mol. The molecule has 2 heterocycles. The number of thiophene rings is 1. The monoisotopic (exact) mass is 438 g/mol. The number of carbonyl (C=O) groups is 2. The molecule has 4 rings (SSSR count). The largest absolute Gasteiger partial charge is 0.454 e. The van der Waals surface area contributed by atoms with Crippen LogP contribution >= 0.6 is 11.3 Å². The standard InChI is InChI=1S/C21H18N4O5S/c22-9-15-12-5-3-4-8-16(12)31-20(15)23-17(26)11-30-18(27)10-25-21(29)14-7-2-1-6-13(14)19(28)24-25/h1-2,6-7H,3-5,8,10-11H2,(H,23,26)(H,24,28). The zero-order valence-electron chi connectivity index (χ0n) is 16.4. The average Bonchev–Trinajstić information content (AvgIpc) is 3.12. The van der Waals surface area contributed by atoms with E-state index in [1.54, 1.807) is 12.1 Å². The highest BCUT2D eigenvalue weighted by atomic mass is 32.1. The summed E-state index contributed by atoms with van der Waals surface area (Å²) in [4.78, 5) is 50.0. The highest BCUT2D eigenvalue weighted by molar-refractivity contribution is 7.16. The van der Waals surface area contributed by atoms with Gasteiger partial charge in [-0.2, -0.15) is 5.26 Å². The summed E-state index contributed by atoms with van der Waals surface area (Å²) in [7, 11) is 0. The van der Waals surface area contributed by atoms with Crippen LogP contribution < -0.4 is 16.4 Å². The van der Waals surface area contributed by atoms with E-state index in [4.69, 9.17) is 4.74 Å². The molecule has 0 saturated carbocycles. The number of aryl methyl sites for hydroxylation is 1. The number of hydrogen-bond donors (Lipinski definition) is 2. The lowest BCUT2D eigenvalue weighted by atomic mass is 9.96. The highest BCUT2D eigenvalue weighted by Gasteiger charge is 2.22. The molecule has 0 fully saturated rings. The summed E-state index contributed by atoms with van der Waals surface area (Å²) < 4.78 is 5.80. The Labute approximate surface area is 179 Å². The van der Waals surface area contributed by atoms with Gasteiger partial charge < -0.3 is 10.1 Å². The second kappa shape index (κ2) is 8.57. The molecule has 0 bridgehead atoms. The number of rotatable bonds is 5. The molecule has 3 aromatic rings. The third-order valence-electron chi connectivity index (χ3n) is 5.07. The van der Waals surface area contributed by atoms with Gasteiger partial charge in [0.1, 0.15) is 17.6 Å². The van der Waals surface area contributed by atoms with Crippen LogP contribution in [0.3, 0.4) is 0 Å². The van der Waals surface area contributed by atoms with Crippen LogP contribution in [0.4, 0.5) is 5.00 Å². The van der Waals surface area contributed by atoms with E-state index >= 15 is 0 Å². The lowest BCUT2D eigenvalue weighted by Gasteiger charge is -2.09. The number of H-pyrrole nitrogens is 1. The van der Waals surface area contributed by atoms with Crippen LogP contribution in [0.2, 0.25) is 0 Å². The van der Waals surface area contributed by atoms with Gasteiger partial charge >= 0.3 is 5.97 Å². The molecule has 0 spiro atoms. The second-order valence-corrected chi connectivity index (χ2v) is 8.22. The Morgan fingerprint density at radius 2 is 1.94 bits per heavy atom. The summed E-state index contributed by atoms with van der Waals surface area (Å²) in [5, 5.41) is 15.3. The number of amides is 1. The van der Waals surface area contributed by atoms with E-state index in [2.05, 4.69) is 16.5 Å². The van der Waals surface area contributed by atoms with Gasteiger partial charge in [-0.3, -0.25) is 24.3 Å². The van der Waals surface area contributed by atoms with Crippen LogP contribution in [0.1, 0.15) is 28.8 Å². The Hall–Kier alpha value is -3.71. The van der Waals surface area contributed by atoms with E-state index in [1.165, 1.54) is 23.5 Å². The SMILES string of the molecule is N#Cc1c(NC(=O)COC(=O)Cn2[nH]c(=O)c3ccccc3c2=O)sc2c1CCCC2. The molecule has 0 aliphatic heterocycles. The van der Waals surface area contributed by atoms with Crippen LogP contribution in [-0.4, -0.2) is 28.3 Å². The van der Waals surface area contributed by atoms with Gasteiger partial charge in [-0.25, -0.2) is 4.68 Å². The van der Waals surface area contributed by atoms with Crippen molar-refractivity contribution in [1.29, 1.82) is 5.26 Å². The normalized spacial score (nSPS) is 12.7. The number of anilines is 1. The smallest absolute Gasteiger partial charge is 0.328 e. The minimum atomic E-state index is -0.853. The van der Waals surface area contributed by atoms with E-state index < -0.39 is 36.1 Å². The lowest BCUT2D eigenvalue weighted by Crippen LogP contribution is -2.33. The molecule has 0 radical (unpaired) electrons. The first-order valence-corrected chi connectivity index (χ1v) is 10.5. The fourth-order valence-corrected chi connectivity index (χ4v) is 4.87. The van der Waals surface area contributed by atoms with E-state index in [9.17, 15) is 24.4 Å². The Bertz CT molecular complexity index is 1340. The molecule has 1 aromatic carbocycles. The number of benzene rings is 1. The number of aromatic nitrogens is 2. The first-order valence-electron chi connectivity index (χ1n) is 9.70. The van der Waals surface area contributed by atoms with Crippen molar-refractivity contribution in [1.82, 2.24) is 9.78 Å². The first kappa shape index (κ1) is 20.6. The number of nitriles is 1. The van der Waals surface area contributed by atoms with Gasteiger partial charge in [0.05, 0.1) is 16.3 Å². The van der Waals surface area contributed by atoms with E-state index in [1.807, 2.05) is 0 Å². The van der Waals surface area contributed by atoms with Gasteiger partial charge in [-0.1, -0.05) is 12.1 Å². The molecule has 0 unspecified atom stereocenters. The predicted molar refractivity (Wildman–Crippen MR) is 114 cm³/mol. The number of nitrogens with zero attached hydrogens (tertiary/aromatic N) is 2. The van der Waals surface area contributed by atoms with Crippen molar-refractivity contribution in [2.24, 2.45) is 0 Å². The maximum absolute atomic E-state index is 12.4. The van der Waals surface area contributed by atoms with Crippen LogP contribution in [0.15, 0.2) is 33.9 Å². The molecule has 0 atom stereocenters. The number of esters is 1. The molecule has 2 aromatic heterocycles. The van der Waals surface area contributed by atoms with Crippen LogP contribution in [-0.2, 0) is 33.7 Å². The van der Waals surface area contributed by atoms with Gasteiger partial charge in [0.15, 0.2) is 6.61 Å². The molecule has 1 amide bonds. The van der Waals surface area contributed by atoms with Crippen molar-refractivity contribution in [2.75, 3.05) is 11.9 Å². The molecule has 10 heteroatoms. The quantitative estimate of drug-likeness (QED) is 0.582. The topological polar surface area (TPSA) is 134 Å². The van der Waals surface area contributed by atoms with E-state index in [-0.39, 0.29) is 10.8 Å². The van der Waals surface area contributed by atoms with Gasteiger partial charge in [0.25, 0.3) is 17.0 Å². The molecule has 1 aliphatic rings. The average molecular weight is 438 g/mol. The molecule has 2 N–H and O–H groups in total. The molecule has 158 valence electrons. The predicted octanol–water partition coefficient (Wildman–Crippen LogP) is 1.68. The Morgan fingerprint density at radius 3 is 2.71 bits per heavy atom. The molecule has 31 heavy (non-hydrogen) atoms. The Balaban J connectivity index is 1.40. The van der Waals surface area contributed by atoms with Crippen molar-refractivity contribution >= 4 is 39.0 Å². The minimum Gasteiger partial charge on any atom is -0.454 e. The van der Waals surface area contributed by atoms with Crippen molar-refractivity contribution in [3.8, 4) is 6.07 Å². The van der Waals surface area contributed by atoms with E-state index in [0.717, 1.165) is 40.8 Å².